The van der Waals surface area contributed by atoms with Crippen LogP contribution in [0.1, 0.15) is 25.3 Å². The SMILES string of the molecule is CCOC(=O)C1CCCN1C(=O)Nc1cccc(C(F)(F)F)c1. The Morgan fingerprint density at radius 3 is 2.78 bits per heavy atom. The summed E-state index contributed by atoms with van der Waals surface area (Å²) in [6.45, 7) is 2.23. The van der Waals surface area contributed by atoms with Gasteiger partial charge in [0, 0.05) is 12.2 Å². The molecule has 126 valence electrons. The molecule has 1 aliphatic rings. The van der Waals surface area contributed by atoms with E-state index in [-0.39, 0.29) is 12.3 Å². The van der Waals surface area contributed by atoms with E-state index >= 15 is 0 Å². The van der Waals surface area contributed by atoms with Gasteiger partial charge in [0.15, 0.2) is 0 Å². The monoisotopic (exact) mass is 330 g/mol. The van der Waals surface area contributed by atoms with Gasteiger partial charge in [-0.15, -0.1) is 0 Å². The normalized spacial score (nSPS) is 17.9. The van der Waals surface area contributed by atoms with E-state index in [1.165, 1.54) is 17.0 Å². The summed E-state index contributed by atoms with van der Waals surface area (Å²) in [4.78, 5) is 25.3. The molecule has 0 bridgehead atoms. The van der Waals surface area contributed by atoms with Crippen molar-refractivity contribution in [3.63, 3.8) is 0 Å². The number of urea groups is 1. The summed E-state index contributed by atoms with van der Waals surface area (Å²) in [6, 6.07) is 3.05. The lowest BCUT2D eigenvalue weighted by Crippen LogP contribution is -2.43. The van der Waals surface area contributed by atoms with Crippen LogP contribution in [-0.2, 0) is 15.7 Å². The minimum Gasteiger partial charge on any atom is -0.464 e. The zero-order chi connectivity index (χ0) is 17.0. The van der Waals surface area contributed by atoms with Crippen molar-refractivity contribution in [3.8, 4) is 0 Å². The third-order valence-corrected chi connectivity index (χ3v) is 3.51. The number of nitrogens with one attached hydrogen (secondary N) is 1. The number of likely N-dealkylation sites (tertiary alicyclic amines) is 1. The second-order valence-electron chi connectivity index (χ2n) is 5.11. The van der Waals surface area contributed by atoms with Crippen molar-refractivity contribution in [3.05, 3.63) is 29.8 Å². The van der Waals surface area contributed by atoms with Gasteiger partial charge in [-0.1, -0.05) is 6.07 Å². The number of rotatable bonds is 3. The van der Waals surface area contributed by atoms with Crippen LogP contribution in [0.25, 0.3) is 0 Å². The van der Waals surface area contributed by atoms with Crippen LogP contribution in [0.5, 0.6) is 0 Å². The molecule has 0 aliphatic carbocycles. The second-order valence-corrected chi connectivity index (χ2v) is 5.11. The van der Waals surface area contributed by atoms with Crippen LogP contribution >= 0.6 is 0 Å². The molecule has 0 spiro atoms. The molecule has 1 atom stereocenters. The van der Waals surface area contributed by atoms with Crippen LogP contribution < -0.4 is 5.32 Å². The number of hydrogen-bond acceptors (Lipinski definition) is 3. The van der Waals surface area contributed by atoms with E-state index in [2.05, 4.69) is 5.32 Å². The standard InChI is InChI=1S/C15H17F3N2O3/c1-2-23-13(21)12-7-4-8-20(12)14(22)19-11-6-3-5-10(9-11)15(16,17)18/h3,5-6,9,12H,2,4,7-8H2,1H3,(H,19,22). The molecular weight excluding hydrogens is 313 g/mol. The summed E-state index contributed by atoms with van der Waals surface area (Å²) in [5.74, 6) is -0.496. The molecule has 1 fully saturated rings. The number of ether oxygens (including phenoxy) is 1. The molecule has 1 unspecified atom stereocenters. The van der Waals surface area contributed by atoms with Crippen LogP contribution in [-0.4, -0.2) is 36.1 Å². The molecule has 1 aromatic rings. The Morgan fingerprint density at radius 2 is 2.13 bits per heavy atom. The largest absolute Gasteiger partial charge is 0.464 e. The lowest BCUT2D eigenvalue weighted by atomic mass is 10.2. The van der Waals surface area contributed by atoms with Gasteiger partial charge < -0.3 is 15.0 Å². The van der Waals surface area contributed by atoms with Gasteiger partial charge >= 0.3 is 18.2 Å². The fourth-order valence-electron chi connectivity index (χ4n) is 2.46. The molecule has 1 saturated heterocycles. The zero-order valence-electron chi connectivity index (χ0n) is 12.5. The average Bonchev–Trinajstić information content (AvgIpc) is 2.96. The quantitative estimate of drug-likeness (QED) is 0.866. The molecule has 1 aromatic carbocycles. The van der Waals surface area contributed by atoms with Crippen molar-refractivity contribution in [2.75, 3.05) is 18.5 Å². The predicted molar refractivity (Wildman–Crippen MR) is 76.8 cm³/mol. The van der Waals surface area contributed by atoms with Crippen LogP contribution in [0.4, 0.5) is 23.7 Å². The van der Waals surface area contributed by atoms with E-state index in [9.17, 15) is 22.8 Å². The minimum absolute atomic E-state index is 0.0272. The van der Waals surface area contributed by atoms with Crippen molar-refractivity contribution >= 4 is 17.7 Å². The zero-order valence-corrected chi connectivity index (χ0v) is 12.5. The molecular formula is C15H17F3N2O3. The first-order valence-corrected chi connectivity index (χ1v) is 7.24. The summed E-state index contributed by atoms with van der Waals surface area (Å²) >= 11 is 0. The van der Waals surface area contributed by atoms with Gasteiger partial charge in [-0.3, -0.25) is 0 Å². The maximum absolute atomic E-state index is 12.7. The smallest absolute Gasteiger partial charge is 0.416 e. The van der Waals surface area contributed by atoms with E-state index in [1.54, 1.807) is 6.92 Å². The Kier molecular flexibility index (Phi) is 5.12. The summed E-state index contributed by atoms with van der Waals surface area (Å²) in [5, 5.41) is 2.40. The lowest BCUT2D eigenvalue weighted by Gasteiger charge is -2.23. The van der Waals surface area contributed by atoms with Gasteiger partial charge in [0.2, 0.25) is 0 Å². The first-order chi connectivity index (χ1) is 10.8. The molecule has 0 aromatic heterocycles. The third kappa shape index (κ3) is 4.14. The second kappa shape index (κ2) is 6.89. The minimum atomic E-state index is -4.48. The Morgan fingerprint density at radius 1 is 1.39 bits per heavy atom. The van der Waals surface area contributed by atoms with Crippen molar-refractivity contribution in [1.82, 2.24) is 4.90 Å². The molecule has 1 N–H and O–H groups in total. The highest BCUT2D eigenvalue weighted by Gasteiger charge is 2.35. The van der Waals surface area contributed by atoms with Crippen molar-refractivity contribution in [2.45, 2.75) is 32.0 Å². The van der Waals surface area contributed by atoms with E-state index < -0.39 is 29.8 Å². The highest BCUT2D eigenvalue weighted by molar-refractivity contribution is 5.93. The number of anilines is 1. The molecule has 1 aliphatic heterocycles. The number of nitrogens with zero attached hydrogens (tertiary/aromatic N) is 1. The number of hydrogen-bond donors (Lipinski definition) is 1. The Bertz CT molecular complexity index is 590. The summed E-state index contributed by atoms with van der Waals surface area (Å²) in [7, 11) is 0. The molecule has 0 saturated carbocycles. The number of amides is 2. The summed E-state index contributed by atoms with van der Waals surface area (Å²) < 4.78 is 42.9. The van der Waals surface area contributed by atoms with Crippen LogP contribution in [0, 0.1) is 0 Å². The predicted octanol–water partition coefficient (Wildman–Crippen LogP) is 3.26. The Hall–Kier alpha value is -2.25. The number of carbonyl (C=O) groups excluding carboxylic acids is 2. The van der Waals surface area contributed by atoms with Gasteiger partial charge in [0.25, 0.3) is 0 Å². The molecule has 23 heavy (non-hydrogen) atoms. The van der Waals surface area contributed by atoms with Crippen molar-refractivity contribution in [1.29, 1.82) is 0 Å². The van der Waals surface area contributed by atoms with E-state index in [0.717, 1.165) is 12.1 Å². The van der Waals surface area contributed by atoms with E-state index in [1.807, 2.05) is 0 Å². The summed E-state index contributed by atoms with van der Waals surface area (Å²) in [5.41, 5.74) is -0.821. The highest BCUT2D eigenvalue weighted by Crippen LogP contribution is 2.31. The Labute approximate surface area is 131 Å². The lowest BCUT2D eigenvalue weighted by molar-refractivity contribution is -0.147. The molecule has 1 heterocycles. The number of halogens is 3. The number of alkyl halides is 3. The molecule has 2 rings (SSSR count). The maximum Gasteiger partial charge on any atom is 0.416 e. The maximum atomic E-state index is 12.7. The number of carbonyl (C=O) groups is 2. The Balaban J connectivity index is 2.08. The van der Waals surface area contributed by atoms with E-state index in [4.69, 9.17) is 4.74 Å². The molecule has 0 radical (unpaired) electrons. The summed E-state index contributed by atoms with van der Waals surface area (Å²) in [6.07, 6.45) is -3.36. The topological polar surface area (TPSA) is 58.6 Å². The van der Waals surface area contributed by atoms with Crippen LogP contribution in [0.15, 0.2) is 24.3 Å². The van der Waals surface area contributed by atoms with Gasteiger partial charge in [0.1, 0.15) is 6.04 Å². The van der Waals surface area contributed by atoms with Crippen molar-refractivity contribution in [2.24, 2.45) is 0 Å². The highest BCUT2D eigenvalue weighted by atomic mass is 19.4. The van der Waals surface area contributed by atoms with Crippen LogP contribution in [0.2, 0.25) is 0 Å². The van der Waals surface area contributed by atoms with Gasteiger partial charge in [0.05, 0.1) is 12.2 Å². The van der Waals surface area contributed by atoms with Crippen molar-refractivity contribution < 1.29 is 27.5 Å². The average molecular weight is 330 g/mol. The first-order valence-electron chi connectivity index (χ1n) is 7.24. The number of esters is 1. The fraction of sp³-hybridized carbons (Fsp3) is 0.467. The van der Waals surface area contributed by atoms with E-state index in [0.29, 0.717) is 19.4 Å². The number of benzene rings is 1. The molecule has 8 heteroatoms. The first kappa shape index (κ1) is 17.1. The fourth-order valence-corrected chi connectivity index (χ4v) is 2.46. The van der Waals surface area contributed by atoms with Gasteiger partial charge in [-0.25, -0.2) is 9.59 Å². The molecule has 5 nitrogen and oxygen atoms in total. The molecule has 2 amide bonds. The van der Waals surface area contributed by atoms with Crippen LogP contribution in [0.3, 0.4) is 0 Å². The van der Waals surface area contributed by atoms with Gasteiger partial charge in [-0.05, 0) is 38.0 Å². The van der Waals surface area contributed by atoms with Gasteiger partial charge in [-0.2, -0.15) is 13.2 Å². The third-order valence-electron chi connectivity index (χ3n) is 3.51.